The van der Waals surface area contributed by atoms with Crippen LogP contribution < -0.4 is 0 Å². The molecule has 118 valence electrons. The maximum atomic E-state index is 12.3. The summed E-state index contributed by atoms with van der Waals surface area (Å²) in [5.74, 6) is -0.535. The molecule has 1 aliphatic rings. The normalized spacial score (nSPS) is 21.1. The lowest BCUT2D eigenvalue weighted by atomic mass is 9.79. The van der Waals surface area contributed by atoms with Crippen molar-refractivity contribution < 1.29 is 19.4 Å². The number of rotatable bonds is 4. The van der Waals surface area contributed by atoms with Crippen LogP contribution in [0.3, 0.4) is 0 Å². The fourth-order valence-corrected chi connectivity index (χ4v) is 2.89. The zero-order chi connectivity index (χ0) is 16.4. The van der Waals surface area contributed by atoms with Gasteiger partial charge in [-0.15, -0.1) is 0 Å². The molecule has 3 rings (SSSR count). The van der Waals surface area contributed by atoms with Gasteiger partial charge in [0, 0.05) is 5.56 Å². The number of aliphatic hydroxyl groups excluding tert-OH is 1. The fourth-order valence-electron chi connectivity index (χ4n) is 2.89. The summed E-state index contributed by atoms with van der Waals surface area (Å²) in [7, 11) is 0. The van der Waals surface area contributed by atoms with Crippen molar-refractivity contribution in [3.05, 3.63) is 83.3 Å². The Morgan fingerprint density at radius 1 is 1.09 bits per heavy atom. The SMILES string of the molecule is CC1=C(O)O[C@@]1(c1ccccc1)[C@H](C)OC(=O)c1ccccc1. The molecule has 0 fully saturated rings. The highest BCUT2D eigenvalue weighted by molar-refractivity contribution is 5.89. The molecule has 0 radical (unpaired) electrons. The number of aliphatic hydroxyl groups is 1. The van der Waals surface area contributed by atoms with Gasteiger partial charge in [-0.1, -0.05) is 48.5 Å². The van der Waals surface area contributed by atoms with Gasteiger partial charge in [0.25, 0.3) is 5.95 Å². The minimum absolute atomic E-state index is 0.114. The summed E-state index contributed by atoms with van der Waals surface area (Å²) < 4.78 is 11.2. The van der Waals surface area contributed by atoms with Crippen molar-refractivity contribution in [3.63, 3.8) is 0 Å². The Kier molecular flexibility index (Phi) is 3.82. The second-order valence-electron chi connectivity index (χ2n) is 5.55. The van der Waals surface area contributed by atoms with Crippen LogP contribution in [0.4, 0.5) is 0 Å². The molecule has 0 saturated carbocycles. The maximum Gasteiger partial charge on any atom is 0.338 e. The van der Waals surface area contributed by atoms with E-state index in [-0.39, 0.29) is 5.95 Å². The molecule has 0 bridgehead atoms. The molecule has 2 aromatic carbocycles. The standard InChI is InChI=1S/C19H18O4/c1-13-17(20)23-19(13,16-11-7-4-8-12-16)14(2)22-18(21)15-9-5-3-6-10-15/h3-12,14,20H,1-2H3/t14-,19+/m0/s1. The van der Waals surface area contributed by atoms with E-state index in [2.05, 4.69) is 0 Å². The lowest BCUT2D eigenvalue weighted by Crippen LogP contribution is -2.50. The van der Waals surface area contributed by atoms with Crippen molar-refractivity contribution in [1.29, 1.82) is 0 Å². The van der Waals surface area contributed by atoms with E-state index >= 15 is 0 Å². The molecule has 1 N–H and O–H groups in total. The topological polar surface area (TPSA) is 55.8 Å². The van der Waals surface area contributed by atoms with Crippen LogP contribution in [0.5, 0.6) is 0 Å². The van der Waals surface area contributed by atoms with Crippen molar-refractivity contribution in [3.8, 4) is 0 Å². The molecule has 1 aliphatic heterocycles. The van der Waals surface area contributed by atoms with Gasteiger partial charge in [0.2, 0.25) is 5.60 Å². The molecule has 23 heavy (non-hydrogen) atoms. The van der Waals surface area contributed by atoms with Crippen LogP contribution in [-0.2, 0) is 15.1 Å². The van der Waals surface area contributed by atoms with Crippen molar-refractivity contribution in [2.45, 2.75) is 25.6 Å². The van der Waals surface area contributed by atoms with Crippen LogP contribution in [0, 0.1) is 0 Å². The molecule has 0 unspecified atom stereocenters. The van der Waals surface area contributed by atoms with Gasteiger partial charge in [-0.05, 0) is 26.0 Å². The molecule has 0 saturated heterocycles. The van der Waals surface area contributed by atoms with Crippen LogP contribution in [0.2, 0.25) is 0 Å². The smallest absolute Gasteiger partial charge is 0.338 e. The third-order valence-electron chi connectivity index (χ3n) is 4.20. The van der Waals surface area contributed by atoms with Gasteiger partial charge in [-0.2, -0.15) is 0 Å². The lowest BCUT2D eigenvalue weighted by molar-refractivity contribution is -0.151. The van der Waals surface area contributed by atoms with Crippen LogP contribution in [0.15, 0.2) is 72.2 Å². The highest BCUT2D eigenvalue weighted by atomic mass is 16.6. The van der Waals surface area contributed by atoms with Gasteiger partial charge < -0.3 is 14.6 Å². The van der Waals surface area contributed by atoms with E-state index in [4.69, 9.17) is 9.47 Å². The van der Waals surface area contributed by atoms with Crippen molar-refractivity contribution in [2.75, 3.05) is 0 Å². The number of carbonyl (C=O) groups excluding carboxylic acids is 1. The van der Waals surface area contributed by atoms with E-state index in [9.17, 15) is 9.90 Å². The average Bonchev–Trinajstić information content (AvgIpc) is 2.60. The molecule has 4 heteroatoms. The van der Waals surface area contributed by atoms with Gasteiger partial charge in [0.1, 0.15) is 6.10 Å². The zero-order valence-corrected chi connectivity index (χ0v) is 13.0. The third-order valence-corrected chi connectivity index (χ3v) is 4.20. The van der Waals surface area contributed by atoms with E-state index < -0.39 is 17.7 Å². The Bertz CT molecular complexity index is 736. The molecule has 0 aliphatic carbocycles. The van der Waals surface area contributed by atoms with Gasteiger partial charge >= 0.3 is 5.97 Å². The van der Waals surface area contributed by atoms with Crippen molar-refractivity contribution in [1.82, 2.24) is 0 Å². The largest absolute Gasteiger partial charge is 0.481 e. The molecular weight excluding hydrogens is 292 g/mol. The summed E-state index contributed by atoms with van der Waals surface area (Å²) in [6.07, 6.45) is -0.589. The summed E-state index contributed by atoms with van der Waals surface area (Å²) in [5.41, 5.74) is 1.02. The second kappa shape index (κ2) is 5.80. The van der Waals surface area contributed by atoms with Crippen molar-refractivity contribution >= 4 is 5.97 Å². The summed E-state index contributed by atoms with van der Waals surface area (Å²) in [6.45, 7) is 3.54. The highest BCUT2D eigenvalue weighted by Gasteiger charge is 2.53. The van der Waals surface area contributed by atoms with E-state index in [1.165, 1.54) is 0 Å². The van der Waals surface area contributed by atoms with Gasteiger partial charge in [0.15, 0.2) is 0 Å². The minimum Gasteiger partial charge on any atom is -0.481 e. The molecule has 4 nitrogen and oxygen atoms in total. The van der Waals surface area contributed by atoms with Gasteiger partial charge in [-0.3, -0.25) is 0 Å². The number of hydrogen-bond acceptors (Lipinski definition) is 4. The van der Waals surface area contributed by atoms with Crippen molar-refractivity contribution in [2.24, 2.45) is 0 Å². The first kappa shape index (κ1) is 15.2. The predicted octanol–water partition coefficient (Wildman–Crippen LogP) is 3.95. The number of carbonyl (C=O) groups is 1. The lowest BCUT2D eigenvalue weighted by Gasteiger charge is -2.45. The Labute approximate surface area is 135 Å². The van der Waals surface area contributed by atoms with E-state index in [1.54, 1.807) is 38.1 Å². The van der Waals surface area contributed by atoms with Gasteiger partial charge in [-0.25, -0.2) is 4.79 Å². The summed E-state index contributed by atoms with van der Waals surface area (Å²) in [4.78, 5) is 12.3. The minimum atomic E-state index is -0.949. The summed E-state index contributed by atoms with van der Waals surface area (Å²) >= 11 is 0. The second-order valence-corrected chi connectivity index (χ2v) is 5.55. The first-order valence-corrected chi connectivity index (χ1v) is 7.46. The van der Waals surface area contributed by atoms with Crippen LogP contribution in [-0.4, -0.2) is 17.2 Å². The summed E-state index contributed by atoms with van der Waals surface area (Å²) in [6, 6.07) is 18.3. The Hall–Kier alpha value is -2.75. The molecule has 2 aromatic rings. The zero-order valence-electron chi connectivity index (χ0n) is 13.0. The summed E-state index contributed by atoms with van der Waals surface area (Å²) in [5, 5.41) is 9.73. The first-order valence-electron chi connectivity index (χ1n) is 7.46. The Morgan fingerprint density at radius 2 is 1.65 bits per heavy atom. The fraction of sp³-hybridized carbons (Fsp3) is 0.211. The Morgan fingerprint density at radius 3 is 2.17 bits per heavy atom. The average molecular weight is 310 g/mol. The molecule has 0 aromatic heterocycles. The first-order chi connectivity index (χ1) is 11.1. The number of ether oxygens (including phenoxy) is 2. The number of esters is 1. The molecular formula is C19H18O4. The third kappa shape index (κ3) is 2.46. The van der Waals surface area contributed by atoms with E-state index in [0.717, 1.165) is 5.56 Å². The Balaban J connectivity index is 1.89. The predicted molar refractivity (Wildman–Crippen MR) is 85.9 cm³/mol. The number of benzene rings is 2. The molecule has 0 spiro atoms. The maximum absolute atomic E-state index is 12.3. The van der Waals surface area contributed by atoms with E-state index in [0.29, 0.717) is 11.1 Å². The van der Waals surface area contributed by atoms with E-state index in [1.807, 2.05) is 36.4 Å². The number of hydrogen-bond donors (Lipinski definition) is 1. The quantitative estimate of drug-likeness (QED) is 0.869. The van der Waals surface area contributed by atoms with Crippen LogP contribution >= 0.6 is 0 Å². The molecule has 1 heterocycles. The van der Waals surface area contributed by atoms with Gasteiger partial charge in [0.05, 0.1) is 11.1 Å². The van der Waals surface area contributed by atoms with Crippen LogP contribution in [0.25, 0.3) is 0 Å². The molecule has 0 amide bonds. The highest BCUT2D eigenvalue weighted by Crippen LogP contribution is 2.48. The monoisotopic (exact) mass is 310 g/mol. The molecule has 2 atom stereocenters. The van der Waals surface area contributed by atoms with Crippen LogP contribution in [0.1, 0.15) is 29.8 Å².